The maximum absolute atomic E-state index is 12.3. The van der Waals surface area contributed by atoms with Gasteiger partial charge in [-0.15, -0.1) is 10.2 Å². The van der Waals surface area contributed by atoms with E-state index in [-0.39, 0.29) is 12.7 Å². The first-order chi connectivity index (χ1) is 14.7. The predicted octanol–water partition coefficient (Wildman–Crippen LogP) is 2.92. The Morgan fingerprint density at radius 2 is 2.03 bits per heavy atom. The smallest absolute Gasteiger partial charge is 0.231 e. The van der Waals surface area contributed by atoms with E-state index < -0.39 is 0 Å². The Morgan fingerprint density at radius 1 is 1.17 bits per heavy atom. The molecule has 7 nitrogen and oxygen atoms in total. The van der Waals surface area contributed by atoms with Gasteiger partial charge in [-0.05, 0) is 60.6 Å². The number of aromatic nitrogens is 3. The van der Waals surface area contributed by atoms with E-state index >= 15 is 0 Å². The molecule has 2 N–H and O–H groups in total. The SMILES string of the molecule is O=C(CCc1nnc(Cc2ccc3c(c2)OCO3)[nH]1)NCC1=CC2CCC1C21CC1. The van der Waals surface area contributed by atoms with Crippen LogP contribution in [0.1, 0.15) is 49.3 Å². The molecule has 1 amide bonds. The Morgan fingerprint density at radius 3 is 2.90 bits per heavy atom. The summed E-state index contributed by atoms with van der Waals surface area (Å²) in [5.74, 6) is 4.67. The van der Waals surface area contributed by atoms with Crippen LogP contribution >= 0.6 is 0 Å². The van der Waals surface area contributed by atoms with Gasteiger partial charge in [0, 0.05) is 25.8 Å². The number of hydrogen-bond donors (Lipinski definition) is 2. The summed E-state index contributed by atoms with van der Waals surface area (Å²) in [4.78, 5) is 15.6. The van der Waals surface area contributed by atoms with E-state index in [4.69, 9.17) is 9.47 Å². The fourth-order valence-corrected chi connectivity index (χ4v) is 5.70. The molecule has 0 saturated heterocycles. The molecule has 1 spiro atoms. The van der Waals surface area contributed by atoms with Crippen LogP contribution in [0.4, 0.5) is 0 Å². The fraction of sp³-hybridized carbons (Fsp3) is 0.522. The average Bonchev–Trinajstić information content (AvgIpc) is 3.05. The van der Waals surface area contributed by atoms with Gasteiger partial charge in [0.15, 0.2) is 11.5 Å². The Balaban J connectivity index is 0.986. The van der Waals surface area contributed by atoms with Crippen LogP contribution < -0.4 is 14.8 Å². The highest BCUT2D eigenvalue weighted by Gasteiger charge is 2.61. The number of aromatic amines is 1. The molecule has 2 heterocycles. The molecule has 0 radical (unpaired) electrons. The van der Waals surface area contributed by atoms with Crippen LogP contribution in [0.25, 0.3) is 0 Å². The van der Waals surface area contributed by atoms with E-state index in [1.807, 2.05) is 18.2 Å². The van der Waals surface area contributed by atoms with Crippen LogP contribution in [0, 0.1) is 17.3 Å². The van der Waals surface area contributed by atoms with E-state index in [9.17, 15) is 4.79 Å². The second-order valence-corrected chi connectivity index (χ2v) is 9.07. The number of nitrogens with one attached hydrogen (secondary N) is 2. The molecule has 6 rings (SSSR count). The minimum Gasteiger partial charge on any atom is -0.454 e. The number of carbonyl (C=O) groups excluding carboxylic acids is 1. The summed E-state index contributed by atoms with van der Waals surface area (Å²) in [6.07, 6.45) is 9.51. The molecule has 2 saturated carbocycles. The zero-order valence-electron chi connectivity index (χ0n) is 16.9. The van der Waals surface area contributed by atoms with Gasteiger partial charge in [-0.2, -0.15) is 0 Å². The number of fused-ring (bicyclic) bond motifs is 1. The van der Waals surface area contributed by atoms with E-state index in [0.29, 0.717) is 31.2 Å². The maximum atomic E-state index is 12.3. The van der Waals surface area contributed by atoms with Gasteiger partial charge in [0.05, 0.1) is 0 Å². The van der Waals surface area contributed by atoms with Crippen molar-refractivity contribution in [1.82, 2.24) is 20.5 Å². The molecule has 3 aliphatic carbocycles. The van der Waals surface area contributed by atoms with Crippen molar-refractivity contribution in [2.75, 3.05) is 13.3 Å². The van der Waals surface area contributed by atoms with Gasteiger partial charge in [0.1, 0.15) is 11.6 Å². The van der Waals surface area contributed by atoms with Crippen molar-refractivity contribution in [2.45, 2.75) is 44.9 Å². The number of hydrogen-bond acceptors (Lipinski definition) is 5. The highest BCUT2D eigenvalue weighted by molar-refractivity contribution is 5.76. The number of H-pyrrole nitrogens is 1. The minimum absolute atomic E-state index is 0.0808. The summed E-state index contributed by atoms with van der Waals surface area (Å²) in [6.45, 7) is 0.986. The Hall–Kier alpha value is -2.83. The molecule has 2 atom stereocenters. The number of benzene rings is 1. The minimum atomic E-state index is 0.0808. The van der Waals surface area contributed by atoms with Gasteiger partial charge in [-0.3, -0.25) is 4.79 Å². The number of allylic oxidation sites excluding steroid dienone is 1. The third-order valence-electron chi connectivity index (χ3n) is 7.36. The van der Waals surface area contributed by atoms with Gasteiger partial charge in [-0.1, -0.05) is 17.7 Å². The quantitative estimate of drug-likeness (QED) is 0.690. The summed E-state index contributed by atoms with van der Waals surface area (Å²) < 4.78 is 10.8. The van der Waals surface area contributed by atoms with Crippen molar-refractivity contribution in [3.05, 3.63) is 47.1 Å². The monoisotopic (exact) mass is 406 g/mol. The largest absolute Gasteiger partial charge is 0.454 e. The number of carbonyl (C=O) groups is 1. The lowest BCUT2D eigenvalue weighted by Crippen LogP contribution is -2.28. The Labute approximate surface area is 175 Å². The standard InChI is InChI=1S/C23H26N4O3/c28-22(24-12-15-11-16-2-3-17(15)23(16)7-8-23)6-5-20-25-21(27-26-20)10-14-1-4-18-19(9-14)30-13-29-18/h1,4,9,11,16-17H,2-3,5-8,10,12-13H2,(H,24,28)(H,25,26,27). The molecule has 4 aliphatic rings. The number of nitrogens with zero attached hydrogens (tertiary/aromatic N) is 2. The Bertz CT molecular complexity index is 1020. The molecule has 2 bridgehead atoms. The lowest BCUT2D eigenvalue weighted by atomic mass is 9.90. The number of rotatable bonds is 7. The van der Waals surface area contributed by atoms with Crippen molar-refractivity contribution in [1.29, 1.82) is 0 Å². The van der Waals surface area contributed by atoms with Gasteiger partial charge in [0.25, 0.3) is 0 Å². The summed E-state index contributed by atoms with van der Waals surface area (Å²) in [5.41, 5.74) is 3.16. The number of aryl methyl sites for hydroxylation is 1. The second-order valence-electron chi connectivity index (χ2n) is 9.07. The van der Waals surface area contributed by atoms with Crippen LogP contribution in [-0.2, 0) is 17.6 Å². The number of ether oxygens (including phenoxy) is 2. The normalized spacial score (nSPS) is 24.3. The fourth-order valence-electron chi connectivity index (χ4n) is 5.70. The molecule has 2 fully saturated rings. The summed E-state index contributed by atoms with van der Waals surface area (Å²) in [6, 6.07) is 5.88. The zero-order valence-corrected chi connectivity index (χ0v) is 16.9. The van der Waals surface area contributed by atoms with Crippen molar-refractivity contribution >= 4 is 5.91 Å². The van der Waals surface area contributed by atoms with Crippen molar-refractivity contribution in [3.8, 4) is 11.5 Å². The van der Waals surface area contributed by atoms with Crippen LogP contribution in [-0.4, -0.2) is 34.4 Å². The molecular weight excluding hydrogens is 380 g/mol. The maximum Gasteiger partial charge on any atom is 0.231 e. The topological polar surface area (TPSA) is 89.1 Å². The van der Waals surface area contributed by atoms with E-state index in [1.165, 1.54) is 31.3 Å². The molecule has 1 aromatic carbocycles. The first-order valence-corrected chi connectivity index (χ1v) is 11.0. The molecule has 156 valence electrons. The van der Waals surface area contributed by atoms with Gasteiger partial charge >= 0.3 is 0 Å². The van der Waals surface area contributed by atoms with E-state index in [0.717, 1.165) is 40.5 Å². The van der Waals surface area contributed by atoms with Crippen molar-refractivity contribution in [2.24, 2.45) is 17.3 Å². The molecule has 2 aromatic rings. The van der Waals surface area contributed by atoms with Gasteiger partial charge < -0.3 is 19.8 Å². The van der Waals surface area contributed by atoms with Crippen LogP contribution in [0.2, 0.25) is 0 Å². The van der Waals surface area contributed by atoms with Gasteiger partial charge in [0.2, 0.25) is 12.7 Å². The first kappa shape index (κ1) is 18.0. The third kappa shape index (κ3) is 3.07. The number of amides is 1. The molecule has 1 aromatic heterocycles. The van der Waals surface area contributed by atoms with E-state index in [1.54, 1.807) is 0 Å². The predicted molar refractivity (Wildman–Crippen MR) is 109 cm³/mol. The van der Waals surface area contributed by atoms with Crippen molar-refractivity contribution < 1.29 is 14.3 Å². The van der Waals surface area contributed by atoms with Crippen LogP contribution in [0.3, 0.4) is 0 Å². The van der Waals surface area contributed by atoms with Crippen molar-refractivity contribution in [3.63, 3.8) is 0 Å². The average molecular weight is 406 g/mol. The molecule has 30 heavy (non-hydrogen) atoms. The zero-order chi connectivity index (χ0) is 20.1. The first-order valence-electron chi connectivity index (χ1n) is 11.0. The summed E-state index contributed by atoms with van der Waals surface area (Å²) in [5, 5.41) is 11.5. The molecular formula is C23H26N4O3. The molecule has 1 aliphatic heterocycles. The second kappa shape index (κ2) is 6.86. The molecule has 7 heteroatoms. The summed E-state index contributed by atoms with van der Waals surface area (Å²) in [7, 11) is 0. The molecule has 2 unspecified atom stereocenters. The van der Waals surface area contributed by atoms with Gasteiger partial charge in [-0.25, -0.2) is 0 Å². The lowest BCUT2D eigenvalue weighted by Gasteiger charge is -2.17. The summed E-state index contributed by atoms with van der Waals surface area (Å²) >= 11 is 0. The van der Waals surface area contributed by atoms with E-state index in [2.05, 4.69) is 26.6 Å². The lowest BCUT2D eigenvalue weighted by molar-refractivity contribution is -0.120. The van der Waals surface area contributed by atoms with Crippen LogP contribution in [0.15, 0.2) is 29.8 Å². The van der Waals surface area contributed by atoms with Crippen LogP contribution in [0.5, 0.6) is 11.5 Å². The third-order valence-corrected chi connectivity index (χ3v) is 7.36. The Kier molecular flexibility index (Phi) is 4.11. The highest BCUT2D eigenvalue weighted by Crippen LogP contribution is 2.70. The highest BCUT2D eigenvalue weighted by atomic mass is 16.7.